The topological polar surface area (TPSA) is 52.6 Å². The van der Waals surface area contributed by atoms with Gasteiger partial charge in [-0.05, 0) is 18.9 Å². The monoisotopic (exact) mass is 248 g/mol. The van der Waals surface area contributed by atoms with Gasteiger partial charge in [0.05, 0.1) is 6.61 Å². The summed E-state index contributed by atoms with van der Waals surface area (Å²) < 4.78 is 0. The Morgan fingerprint density at radius 1 is 1.39 bits per heavy atom. The molecule has 1 aliphatic heterocycles. The number of hydrogen-bond acceptors (Lipinski definition) is 3. The Morgan fingerprint density at radius 3 is 2.67 bits per heavy atom. The first kappa shape index (κ1) is 12.9. The van der Waals surface area contributed by atoms with Crippen molar-refractivity contribution < 1.29 is 9.90 Å². The lowest BCUT2D eigenvalue weighted by Crippen LogP contribution is -2.39. The van der Waals surface area contributed by atoms with Crippen molar-refractivity contribution in [2.45, 2.75) is 19.4 Å². The minimum absolute atomic E-state index is 0.0611. The summed E-state index contributed by atoms with van der Waals surface area (Å²) in [7, 11) is 1.69. The molecule has 4 heteroatoms. The quantitative estimate of drug-likeness (QED) is 0.843. The van der Waals surface area contributed by atoms with Gasteiger partial charge < -0.3 is 15.3 Å². The zero-order chi connectivity index (χ0) is 13.0. The van der Waals surface area contributed by atoms with E-state index in [2.05, 4.69) is 10.2 Å². The molecule has 1 heterocycles. The van der Waals surface area contributed by atoms with E-state index in [1.165, 1.54) is 0 Å². The minimum atomic E-state index is 0.0611. The third-order valence-electron chi connectivity index (χ3n) is 3.61. The molecule has 2 N–H and O–H groups in total. The molecule has 0 radical (unpaired) electrons. The summed E-state index contributed by atoms with van der Waals surface area (Å²) in [5, 5.41) is 12.1. The van der Waals surface area contributed by atoms with Crippen molar-refractivity contribution >= 4 is 11.6 Å². The molecular formula is C14H20N2O2. The van der Waals surface area contributed by atoms with Crippen LogP contribution in [0.3, 0.4) is 0 Å². The van der Waals surface area contributed by atoms with Crippen molar-refractivity contribution in [2.24, 2.45) is 5.92 Å². The van der Waals surface area contributed by atoms with Gasteiger partial charge in [-0.1, -0.05) is 18.2 Å². The normalized spacial score (nSPS) is 16.7. The first-order chi connectivity index (χ1) is 8.76. The lowest BCUT2D eigenvalue weighted by atomic mass is 9.95. The van der Waals surface area contributed by atoms with Crippen LogP contribution in [0.5, 0.6) is 0 Å². The number of para-hydroxylation sites is 1. The molecule has 0 atom stereocenters. The molecule has 1 saturated heterocycles. The third-order valence-corrected chi connectivity index (χ3v) is 3.61. The number of nitrogens with zero attached hydrogens (tertiary/aromatic N) is 1. The molecule has 1 aromatic rings. The number of aliphatic hydroxyl groups excluding tert-OH is 1. The zero-order valence-electron chi connectivity index (χ0n) is 10.7. The molecule has 4 nitrogen and oxygen atoms in total. The van der Waals surface area contributed by atoms with Crippen molar-refractivity contribution in [2.75, 3.05) is 25.0 Å². The number of carbonyl (C=O) groups excluding carboxylic acids is 1. The molecule has 0 spiro atoms. The van der Waals surface area contributed by atoms with Gasteiger partial charge in [-0.25, -0.2) is 0 Å². The summed E-state index contributed by atoms with van der Waals surface area (Å²) in [5.41, 5.74) is 2.05. The predicted octanol–water partition coefficient (Wildman–Crippen LogP) is 1.14. The molecule has 1 fully saturated rings. The lowest BCUT2D eigenvalue weighted by Gasteiger charge is -2.33. The first-order valence-electron chi connectivity index (χ1n) is 6.41. The largest absolute Gasteiger partial charge is 0.392 e. The van der Waals surface area contributed by atoms with Crippen LogP contribution in [-0.4, -0.2) is 31.2 Å². The number of carbonyl (C=O) groups is 1. The fraction of sp³-hybridized carbons (Fsp3) is 0.500. The number of rotatable bonds is 3. The molecule has 0 aliphatic carbocycles. The maximum absolute atomic E-state index is 11.6. The van der Waals surface area contributed by atoms with E-state index < -0.39 is 0 Å². The summed E-state index contributed by atoms with van der Waals surface area (Å²) in [5.74, 6) is 0.276. The molecule has 2 rings (SSSR count). The number of amides is 1. The van der Waals surface area contributed by atoms with Crippen molar-refractivity contribution in [1.29, 1.82) is 0 Å². The number of piperidine rings is 1. The highest BCUT2D eigenvalue weighted by molar-refractivity contribution is 5.78. The Morgan fingerprint density at radius 2 is 2.06 bits per heavy atom. The molecule has 98 valence electrons. The Hall–Kier alpha value is -1.55. The standard InChI is InChI=1S/C14H20N2O2/c1-15-14(18)11-6-8-16(9-7-11)13-5-3-2-4-12(13)10-17/h2-5,11,17H,6-10H2,1H3,(H,15,18). The van der Waals surface area contributed by atoms with Gasteiger partial charge in [0.25, 0.3) is 0 Å². The molecule has 1 aliphatic rings. The van der Waals surface area contributed by atoms with E-state index in [1.807, 2.05) is 24.3 Å². The number of hydrogen-bond donors (Lipinski definition) is 2. The van der Waals surface area contributed by atoms with E-state index in [9.17, 15) is 9.90 Å². The molecule has 0 bridgehead atoms. The van der Waals surface area contributed by atoms with Gasteiger partial charge >= 0.3 is 0 Å². The maximum atomic E-state index is 11.6. The van der Waals surface area contributed by atoms with Crippen LogP contribution in [0.4, 0.5) is 5.69 Å². The number of anilines is 1. The van der Waals surface area contributed by atoms with Gasteiger partial charge in [0.15, 0.2) is 0 Å². The third kappa shape index (κ3) is 2.64. The Bertz CT molecular complexity index is 412. The lowest BCUT2D eigenvalue weighted by molar-refractivity contribution is -0.125. The molecule has 0 saturated carbocycles. The van der Waals surface area contributed by atoms with Crippen LogP contribution in [-0.2, 0) is 11.4 Å². The van der Waals surface area contributed by atoms with Crippen LogP contribution in [0.25, 0.3) is 0 Å². The molecule has 0 unspecified atom stereocenters. The molecule has 1 aromatic carbocycles. The van der Waals surface area contributed by atoms with E-state index in [0.717, 1.165) is 37.2 Å². The molecular weight excluding hydrogens is 228 g/mol. The van der Waals surface area contributed by atoms with Crippen LogP contribution in [0, 0.1) is 5.92 Å². The highest BCUT2D eigenvalue weighted by Gasteiger charge is 2.24. The average Bonchev–Trinajstić information content (AvgIpc) is 2.46. The van der Waals surface area contributed by atoms with Crippen molar-refractivity contribution in [1.82, 2.24) is 5.32 Å². The Balaban J connectivity index is 2.03. The summed E-state index contributed by atoms with van der Waals surface area (Å²) in [6.07, 6.45) is 1.75. The smallest absolute Gasteiger partial charge is 0.222 e. The van der Waals surface area contributed by atoms with Crippen molar-refractivity contribution in [3.05, 3.63) is 29.8 Å². The van der Waals surface area contributed by atoms with Crippen LogP contribution in [0.1, 0.15) is 18.4 Å². The summed E-state index contributed by atoms with van der Waals surface area (Å²) in [6.45, 7) is 1.80. The summed E-state index contributed by atoms with van der Waals surface area (Å²) in [6, 6.07) is 7.90. The molecule has 0 aromatic heterocycles. The second kappa shape index (κ2) is 5.87. The number of benzene rings is 1. The van der Waals surface area contributed by atoms with Crippen molar-refractivity contribution in [3.63, 3.8) is 0 Å². The predicted molar refractivity (Wildman–Crippen MR) is 71.4 cm³/mol. The van der Waals surface area contributed by atoms with Crippen LogP contribution in [0.15, 0.2) is 24.3 Å². The molecule has 1 amide bonds. The van der Waals surface area contributed by atoms with E-state index in [1.54, 1.807) is 7.05 Å². The summed E-state index contributed by atoms with van der Waals surface area (Å²) in [4.78, 5) is 13.8. The number of nitrogens with one attached hydrogen (secondary N) is 1. The highest BCUT2D eigenvalue weighted by atomic mass is 16.3. The SMILES string of the molecule is CNC(=O)C1CCN(c2ccccc2CO)CC1. The second-order valence-corrected chi connectivity index (χ2v) is 4.66. The van der Waals surface area contributed by atoms with E-state index >= 15 is 0 Å². The van der Waals surface area contributed by atoms with Crippen LogP contribution >= 0.6 is 0 Å². The van der Waals surface area contributed by atoms with Crippen molar-refractivity contribution in [3.8, 4) is 0 Å². The van der Waals surface area contributed by atoms with Gasteiger partial charge in [0.2, 0.25) is 5.91 Å². The van der Waals surface area contributed by atoms with Gasteiger partial charge in [-0.15, -0.1) is 0 Å². The van der Waals surface area contributed by atoms with Gasteiger partial charge in [0.1, 0.15) is 0 Å². The van der Waals surface area contributed by atoms with Crippen LogP contribution < -0.4 is 10.2 Å². The first-order valence-corrected chi connectivity index (χ1v) is 6.41. The van der Waals surface area contributed by atoms with Gasteiger partial charge in [-0.2, -0.15) is 0 Å². The molecule has 18 heavy (non-hydrogen) atoms. The zero-order valence-corrected chi connectivity index (χ0v) is 10.7. The minimum Gasteiger partial charge on any atom is -0.392 e. The van der Waals surface area contributed by atoms with E-state index in [-0.39, 0.29) is 18.4 Å². The number of aliphatic hydroxyl groups is 1. The van der Waals surface area contributed by atoms with E-state index in [4.69, 9.17) is 0 Å². The average molecular weight is 248 g/mol. The van der Waals surface area contributed by atoms with Crippen LogP contribution in [0.2, 0.25) is 0 Å². The second-order valence-electron chi connectivity index (χ2n) is 4.66. The highest BCUT2D eigenvalue weighted by Crippen LogP contribution is 2.26. The Kier molecular flexibility index (Phi) is 4.20. The van der Waals surface area contributed by atoms with E-state index in [0.29, 0.717) is 0 Å². The van der Waals surface area contributed by atoms with Gasteiger partial charge in [0, 0.05) is 37.3 Å². The van der Waals surface area contributed by atoms with Gasteiger partial charge in [-0.3, -0.25) is 4.79 Å². The summed E-state index contributed by atoms with van der Waals surface area (Å²) >= 11 is 0. The Labute approximate surface area is 108 Å². The maximum Gasteiger partial charge on any atom is 0.222 e. The fourth-order valence-corrected chi connectivity index (χ4v) is 2.54. The fourth-order valence-electron chi connectivity index (χ4n) is 2.54.